The molecular weight excluding hydrogens is 566 g/mol. The Morgan fingerprint density at radius 3 is 2.20 bits per heavy atom. The first-order valence-corrected chi connectivity index (χ1v) is 14.9. The zero-order valence-electron chi connectivity index (χ0n) is 23.8. The Kier molecular flexibility index (Phi) is 11.0. The molecule has 220 valence electrons. The monoisotopic (exact) mass is 601 g/mol. The molecule has 41 heavy (non-hydrogen) atoms. The summed E-state index contributed by atoms with van der Waals surface area (Å²) in [6.07, 6.45) is 0. The summed E-state index contributed by atoms with van der Waals surface area (Å²) in [6.45, 7) is 5.49. The fourth-order valence-corrected chi connectivity index (χ4v) is 5.74. The number of sulfonamides is 1. The van der Waals surface area contributed by atoms with Crippen molar-refractivity contribution in [3.05, 3.63) is 83.4 Å². The van der Waals surface area contributed by atoms with Gasteiger partial charge in [-0.2, -0.15) is 0 Å². The Hall–Kier alpha value is -3.76. The molecule has 0 radical (unpaired) electrons. The summed E-state index contributed by atoms with van der Waals surface area (Å²) in [6, 6.07) is 18.6. The lowest BCUT2D eigenvalue weighted by Gasteiger charge is -2.32. The van der Waals surface area contributed by atoms with Crippen LogP contribution in [0.15, 0.2) is 77.7 Å². The van der Waals surface area contributed by atoms with Gasteiger partial charge < -0.3 is 19.7 Å². The van der Waals surface area contributed by atoms with Gasteiger partial charge in [-0.25, -0.2) is 8.42 Å². The summed E-state index contributed by atoms with van der Waals surface area (Å²) < 4.78 is 39.6. The highest BCUT2D eigenvalue weighted by atomic mass is 35.5. The summed E-state index contributed by atoms with van der Waals surface area (Å²) in [5.74, 6) is -0.106. The van der Waals surface area contributed by atoms with E-state index in [9.17, 15) is 18.0 Å². The van der Waals surface area contributed by atoms with Crippen LogP contribution in [0.2, 0.25) is 5.02 Å². The van der Waals surface area contributed by atoms with Crippen LogP contribution in [0.25, 0.3) is 0 Å². The number of carbonyl (C=O) groups is 2. The van der Waals surface area contributed by atoms with E-state index < -0.39 is 28.5 Å². The van der Waals surface area contributed by atoms with Gasteiger partial charge in [-0.3, -0.25) is 13.9 Å². The fourth-order valence-electron chi connectivity index (χ4n) is 4.09. The van der Waals surface area contributed by atoms with Crippen LogP contribution in [-0.4, -0.2) is 58.5 Å². The van der Waals surface area contributed by atoms with E-state index in [4.69, 9.17) is 21.1 Å². The minimum Gasteiger partial charge on any atom is -0.493 e. The second-order valence-electron chi connectivity index (χ2n) is 9.83. The second kappa shape index (κ2) is 14.2. The van der Waals surface area contributed by atoms with Gasteiger partial charge in [-0.1, -0.05) is 55.8 Å². The normalized spacial score (nSPS) is 12.0. The van der Waals surface area contributed by atoms with Crippen LogP contribution in [0, 0.1) is 5.92 Å². The predicted molar refractivity (Wildman–Crippen MR) is 160 cm³/mol. The van der Waals surface area contributed by atoms with Gasteiger partial charge in [0.15, 0.2) is 11.5 Å². The van der Waals surface area contributed by atoms with E-state index in [1.165, 1.54) is 37.3 Å². The fraction of sp³-hybridized carbons (Fsp3) is 0.333. The van der Waals surface area contributed by atoms with E-state index in [1.54, 1.807) is 61.5 Å². The molecule has 3 aromatic rings. The molecule has 1 N–H and O–H groups in total. The SMILES string of the molecule is COc1ccc(S(=O)(=O)N(CC(=O)N(Cc2cccc(Cl)c2)[C@H](C)C(=O)NCC(C)C)c2ccccc2)cc1OC. The van der Waals surface area contributed by atoms with Gasteiger partial charge in [0.1, 0.15) is 12.6 Å². The maximum Gasteiger partial charge on any atom is 0.264 e. The number of ether oxygens (including phenoxy) is 2. The highest BCUT2D eigenvalue weighted by Gasteiger charge is 2.33. The molecule has 0 saturated heterocycles. The van der Waals surface area contributed by atoms with Crippen LogP contribution in [-0.2, 0) is 26.2 Å². The van der Waals surface area contributed by atoms with Crippen molar-refractivity contribution in [3.63, 3.8) is 0 Å². The van der Waals surface area contributed by atoms with E-state index in [1.807, 2.05) is 13.8 Å². The maximum absolute atomic E-state index is 14.0. The first-order valence-electron chi connectivity index (χ1n) is 13.1. The number of hydrogen-bond donors (Lipinski definition) is 1. The van der Waals surface area contributed by atoms with Gasteiger partial charge in [0.05, 0.1) is 24.8 Å². The smallest absolute Gasteiger partial charge is 0.264 e. The number of hydrogen-bond acceptors (Lipinski definition) is 6. The number of halogens is 1. The number of para-hydroxylation sites is 1. The first kappa shape index (κ1) is 31.8. The summed E-state index contributed by atoms with van der Waals surface area (Å²) in [5.41, 5.74) is 0.985. The number of nitrogens with zero attached hydrogens (tertiary/aromatic N) is 2. The molecule has 0 spiro atoms. The molecule has 0 unspecified atom stereocenters. The van der Waals surface area contributed by atoms with E-state index in [0.717, 1.165) is 4.31 Å². The highest BCUT2D eigenvalue weighted by molar-refractivity contribution is 7.92. The molecule has 9 nitrogen and oxygen atoms in total. The first-order chi connectivity index (χ1) is 19.5. The van der Waals surface area contributed by atoms with Crippen molar-refractivity contribution in [1.29, 1.82) is 0 Å². The quantitative estimate of drug-likeness (QED) is 0.303. The summed E-state index contributed by atoms with van der Waals surface area (Å²) in [4.78, 5) is 28.3. The third-order valence-corrected chi connectivity index (χ3v) is 8.36. The van der Waals surface area contributed by atoms with Crippen LogP contribution >= 0.6 is 11.6 Å². The molecule has 11 heteroatoms. The van der Waals surface area contributed by atoms with Crippen molar-refractivity contribution in [2.75, 3.05) is 31.6 Å². The lowest BCUT2D eigenvalue weighted by molar-refractivity contribution is -0.139. The van der Waals surface area contributed by atoms with E-state index in [-0.39, 0.29) is 34.7 Å². The number of anilines is 1. The number of benzene rings is 3. The Labute approximate surface area is 247 Å². The van der Waals surface area contributed by atoms with Crippen LogP contribution in [0.3, 0.4) is 0 Å². The average molecular weight is 602 g/mol. The predicted octanol–water partition coefficient (Wildman–Crippen LogP) is 4.74. The van der Waals surface area contributed by atoms with Crippen LogP contribution in [0.1, 0.15) is 26.3 Å². The van der Waals surface area contributed by atoms with E-state index in [0.29, 0.717) is 22.9 Å². The van der Waals surface area contributed by atoms with Gasteiger partial charge in [0.25, 0.3) is 10.0 Å². The van der Waals surface area contributed by atoms with E-state index in [2.05, 4.69) is 5.32 Å². The number of methoxy groups -OCH3 is 2. The number of carbonyl (C=O) groups excluding carboxylic acids is 2. The zero-order valence-corrected chi connectivity index (χ0v) is 25.4. The molecule has 3 aromatic carbocycles. The zero-order chi connectivity index (χ0) is 30.2. The summed E-state index contributed by atoms with van der Waals surface area (Å²) in [5, 5.41) is 3.34. The largest absolute Gasteiger partial charge is 0.493 e. The summed E-state index contributed by atoms with van der Waals surface area (Å²) >= 11 is 6.18. The number of nitrogens with one attached hydrogen (secondary N) is 1. The molecule has 3 rings (SSSR count). The Morgan fingerprint density at radius 2 is 1.59 bits per heavy atom. The standard InChI is InChI=1S/C30H36ClN3O6S/c1-21(2)18-32-30(36)22(3)33(19-23-10-9-11-24(31)16-23)29(35)20-34(25-12-7-6-8-13-25)41(37,38)26-14-15-27(39-4)28(17-26)40-5/h6-17,21-22H,18-20H2,1-5H3,(H,32,36)/t22-/m1/s1. The highest BCUT2D eigenvalue weighted by Crippen LogP contribution is 2.32. The van der Waals surface area contributed by atoms with Crippen LogP contribution < -0.4 is 19.1 Å². The molecule has 0 bridgehead atoms. The van der Waals surface area contributed by atoms with Gasteiger partial charge in [-0.05, 0) is 54.8 Å². The Morgan fingerprint density at radius 1 is 0.902 bits per heavy atom. The van der Waals surface area contributed by atoms with Crippen molar-refractivity contribution in [2.24, 2.45) is 5.92 Å². The third kappa shape index (κ3) is 8.14. The van der Waals surface area contributed by atoms with Crippen molar-refractivity contribution in [3.8, 4) is 11.5 Å². The van der Waals surface area contributed by atoms with Crippen molar-refractivity contribution in [1.82, 2.24) is 10.2 Å². The van der Waals surface area contributed by atoms with Gasteiger partial charge in [0.2, 0.25) is 11.8 Å². The van der Waals surface area contributed by atoms with Crippen molar-refractivity contribution in [2.45, 2.75) is 38.3 Å². The maximum atomic E-state index is 14.0. The lowest BCUT2D eigenvalue weighted by atomic mass is 10.1. The van der Waals surface area contributed by atoms with E-state index >= 15 is 0 Å². The van der Waals surface area contributed by atoms with Crippen molar-refractivity contribution >= 4 is 39.1 Å². The molecule has 1 atom stereocenters. The minimum atomic E-state index is -4.26. The Balaban J connectivity index is 2.03. The van der Waals surface area contributed by atoms with Crippen LogP contribution in [0.5, 0.6) is 11.5 Å². The van der Waals surface area contributed by atoms with Gasteiger partial charge in [-0.15, -0.1) is 0 Å². The lowest BCUT2D eigenvalue weighted by Crippen LogP contribution is -2.51. The molecule has 0 saturated carbocycles. The number of rotatable bonds is 13. The number of amides is 2. The molecule has 0 aliphatic rings. The second-order valence-corrected chi connectivity index (χ2v) is 12.1. The molecule has 0 heterocycles. The van der Waals surface area contributed by atoms with Gasteiger partial charge in [0, 0.05) is 24.2 Å². The molecule has 0 fully saturated rings. The van der Waals surface area contributed by atoms with Crippen LogP contribution in [0.4, 0.5) is 5.69 Å². The van der Waals surface area contributed by atoms with Crippen molar-refractivity contribution < 1.29 is 27.5 Å². The molecule has 0 aliphatic carbocycles. The molecule has 0 aromatic heterocycles. The average Bonchev–Trinajstić information content (AvgIpc) is 2.96. The topological polar surface area (TPSA) is 105 Å². The minimum absolute atomic E-state index is 0.0503. The molecular formula is C30H36ClN3O6S. The molecule has 0 aliphatic heterocycles. The van der Waals surface area contributed by atoms with Gasteiger partial charge >= 0.3 is 0 Å². The Bertz CT molecular complexity index is 1450. The molecule has 2 amide bonds. The third-order valence-electron chi connectivity index (χ3n) is 6.36. The summed E-state index contributed by atoms with van der Waals surface area (Å²) in [7, 11) is -1.40.